The first kappa shape index (κ1) is 14.8. The van der Waals surface area contributed by atoms with Gasteiger partial charge in [0.25, 0.3) is 5.91 Å². The molecule has 0 unspecified atom stereocenters. The number of phenols is 3. The van der Waals surface area contributed by atoms with Crippen molar-refractivity contribution in [2.45, 2.75) is 6.42 Å². The number of aromatic hydroxyl groups is 3. The monoisotopic (exact) mass is 312 g/mol. The van der Waals surface area contributed by atoms with E-state index >= 15 is 0 Å². The van der Waals surface area contributed by atoms with Gasteiger partial charge in [-0.1, -0.05) is 0 Å². The van der Waals surface area contributed by atoms with E-state index in [0.717, 1.165) is 16.5 Å². The number of carbonyl (C=O) groups is 1. The zero-order valence-electron chi connectivity index (χ0n) is 12.2. The van der Waals surface area contributed by atoms with Gasteiger partial charge in [-0.3, -0.25) is 4.79 Å². The van der Waals surface area contributed by atoms with Crippen LogP contribution in [0.2, 0.25) is 0 Å². The molecule has 1 heterocycles. The standard InChI is InChI=1S/C17H16N2O4/c20-12-2-3-13-11(9-19-14(13)8-12)5-6-18-17(23)10-1-4-15(21)16(22)7-10/h1-4,7-9,19-22H,5-6H2,(H,18,23). The number of hydrogen-bond acceptors (Lipinski definition) is 4. The van der Waals surface area contributed by atoms with Crippen LogP contribution < -0.4 is 5.32 Å². The highest BCUT2D eigenvalue weighted by Crippen LogP contribution is 2.25. The fourth-order valence-corrected chi connectivity index (χ4v) is 2.46. The highest BCUT2D eigenvalue weighted by atomic mass is 16.3. The summed E-state index contributed by atoms with van der Waals surface area (Å²) in [5.41, 5.74) is 2.16. The van der Waals surface area contributed by atoms with Crippen molar-refractivity contribution in [1.29, 1.82) is 0 Å². The van der Waals surface area contributed by atoms with Crippen LogP contribution in [0.15, 0.2) is 42.6 Å². The molecular weight excluding hydrogens is 296 g/mol. The normalized spacial score (nSPS) is 10.8. The summed E-state index contributed by atoms with van der Waals surface area (Å²) >= 11 is 0. The zero-order valence-corrected chi connectivity index (χ0v) is 12.2. The maximum atomic E-state index is 12.0. The number of fused-ring (bicyclic) bond motifs is 1. The summed E-state index contributed by atoms with van der Waals surface area (Å²) < 4.78 is 0. The number of nitrogens with one attached hydrogen (secondary N) is 2. The number of H-pyrrole nitrogens is 1. The van der Waals surface area contributed by atoms with E-state index in [-0.39, 0.29) is 28.7 Å². The summed E-state index contributed by atoms with van der Waals surface area (Å²) in [6.45, 7) is 0.425. The number of aromatic nitrogens is 1. The molecule has 2 aromatic carbocycles. The average Bonchev–Trinajstić information content (AvgIpc) is 2.92. The Morgan fingerprint density at radius 3 is 2.65 bits per heavy atom. The second-order valence-corrected chi connectivity index (χ2v) is 5.25. The van der Waals surface area contributed by atoms with Gasteiger partial charge in [0.15, 0.2) is 11.5 Å². The van der Waals surface area contributed by atoms with Crippen LogP contribution in [0.3, 0.4) is 0 Å². The van der Waals surface area contributed by atoms with Crippen molar-refractivity contribution in [3.63, 3.8) is 0 Å². The molecule has 0 atom stereocenters. The lowest BCUT2D eigenvalue weighted by Crippen LogP contribution is -2.25. The number of benzene rings is 2. The van der Waals surface area contributed by atoms with Crippen LogP contribution in [0.1, 0.15) is 15.9 Å². The number of aromatic amines is 1. The average molecular weight is 312 g/mol. The molecule has 6 heteroatoms. The summed E-state index contributed by atoms with van der Waals surface area (Å²) in [4.78, 5) is 15.1. The van der Waals surface area contributed by atoms with Crippen molar-refractivity contribution in [3.8, 4) is 17.2 Å². The van der Waals surface area contributed by atoms with Crippen LogP contribution in [0.4, 0.5) is 0 Å². The van der Waals surface area contributed by atoms with Crippen LogP contribution in [-0.4, -0.2) is 32.8 Å². The van der Waals surface area contributed by atoms with Gasteiger partial charge in [-0.25, -0.2) is 0 Å². The summed E-state index contributed by atoms with van der Waals surface area (Å²) in [7, 11) is 0. The Morgan fingerprint density at radius 2 is 1.87 bits per heavy atom. The molecule has 118 valence electrons. The molecular formula is C17H16N2O4. The Morgan fingerprint density at radius 1 is 1.04 bits per heavy atom. The van der Waals surface area contributed by atoms with E-state index in [1.54, 1.807) is 12.1 Å². The molecule has 0 aliphatic rings. The predicted molar refractivity (Wildman–Crippen MR) is 85.8 cm³/mol. The summed E-state index contributed by atoms with van der Waals surface area (Å²) in [5.74, 6) is -0.707. The maximum absolute atomic E-state index is 12.0. The highest BCUT2D eigenvalue weighted by molar-refractivity contribution is 5.94. The lowest BCUT2D eigenvalue weighted by molar-refractivity contribution is 0.0953. The van der Waals surface area contributed by atoms with E-state index in [2.05, 4.69) is 10.3 Å². The first-order valence-corrected chi connectivity index (χ1v) is 7.14. The van der Waals surface area contributed by atoms with E-state index in [1.807, 2.05) is 12.3 Å². The lowest BCUT2D eigenvalue weighted by Gasteiger charge is -2.06. The van der Waals surface area contributed by atoms with Gasteiger partial charge >= 0.3 is 0 Å². The highest BCUT2D eigenvalue weighted by Gasteiger charge is 2.09. The van der Waals surface area contributed by atoms with E-state index < -0.39 is 0 Å². The third-order valence-electron chi connectivity index (χ3n) is 3.67. The van der Waals surface area contributed by atoms with Crippen LogP contribution in [-0.2, 0) is 6.42 Å². The number of rotatable bonds is 4. The molecule has 0 saturated carbocycles. The molecule has 0 aliphatic heterocycles. The van der Waals surface area contributed by atoms with Crippen molar-refractivity contribution in [2.75, 3.05) is 6.54 Å². The third-order valence-corrected chi connectivity index (χ3v) is 3.67. The van der Waals surface area contributed by atoms with Crippen LogP contribution in [0, 0.1) is 0 Å². The van der Waals surface area contributed by atoms with Crippen LogP contribution in [0.25, 0.3) is 10.9 Å². The SMILES string of the molecule is O=C(NCCc1c[nH]c2cc(O)ccc12)c1ccc(O)c(O)c1. The molecule has 3 aromatic rings. The van der Waals surface area contributed by atoms with Crippen molar-refractivity contribution >= 4 is 16.8 Å². The smallest absolute Gasteiger partial charge is 0.251 e. The topological polar surface area (TPSA) is 106 Å². The van der Waals surface area contributed by atoms with Gasteiger partial charge < -0.3 is 25.6 Å². The molecule has 5 N–H and O–H groups in total. The molecule has 6 nitrogen and oxygen atoms in total. The summed E-state index contributed by atoms with van der Waals surface area (Å²) in [6.07, 6.45) is 2.48. The molecule has 23 heavy (non-hydrogen) atoms. The molecule has 0 fully saturated rings. The third kappa shape index (κ3) is 3.06. The van der Waals surface area contributed by atoms with Gasteiger partial charge in [-0.15, -0.1) is 0 Å². The van der Waals surface area contributed by atoms with Crippen molar-refractivity contribution < 1.29 is 20.1 Å². The van der Waals surface area contributed by atoms with Crippen molar-refractivity contribution in [2.24, 2.45) is 0 Å². The second-order valence-electron chi connectivity index (χ2n) is 5.25. The number of carbonyl (C=O) groups excluding carboxylic acids is 1. The molecule has 0 aliphatic carbocycles. The second kappa shape index (κ2) is 5.92. The molecule has 1 amide bonds. The Bertz CT molecular complexity index is 870. The number of phenolic OH excluding ortho intramolecular Hbond substituents is 3. The molecule has 0 bridgehead atoms. The molecule has 0 saturated heterocycles. The fraction of sp³-hybridized carbons (Fsp3) is 0.118. The molecule has 1 aromatic heterocycles. The van der Waals surface area contributed by atoms with Crippen molar-refractivity contribution in [3.05, 3.63) is 53.7 Å². The summed E-state index contributed by atoms with van der Waals surface area (Å²) in [6, 6.07) is 9.04. The minimum Gasteiger partial charge on any atom is -0.508 e. The van der Waals surface area contributed by atoms with Gasteiger partial charge in [0.2, 0.25) is 0 Å². The zero-order chi connectivity index (χ0) is 16.4. The first-order chi connectivity index (χ1) is 11.0. The van der Waals surface area contributed by atoms with Crippen LogP contribution >= 0.6 is 0 Å². The maximum Gasteiger partial charge on any atom is 0.251 e. The van der Waals surface area contributed by atoms with E-state index in [1.165, 1.54) is 18.2 Å². The molecule has 0 radical (unpaired) electrons. The quantitative estimate of drug-likeness (QED) is 0.476. The van der Waals surface area contributed by atoms with Crippen LogP contribution in [0.5, 0.6) is 17.2 Å². The minimum absolute atomic E-state index is 0.200. The van der Waals surface area contributed by atoms with Gasteiger partial charge in [0, 0.05) is 35.3 Å². The Kier molecular flexibility index (Phi) is 3.80. The van der Waals surface area contributed by atoms with Gasteiger partial charge in [-0.05, 0) is 42.3 Å². The lowest BCUT2D eigenvalue weighted by atomic mass is 10.1. The van der Waals surface area contributed by atoms with Gasteiger partial charge in [0.05, 0.1) is 0 Å². The predicted octanol–water partition coefficient (Wildman–Crippen LogP) is 2.26. The Hall–Kier alpha value is -3.15. The van der Waals surface area contributed by atoms with Gasteiger partial charge in [-0.2, -0.15) is 0 Å². The minimum atomic E-state index is -0.325. The van der Waals surface area contributed by atoms with Gasteiger partial charge in [0.1, 0.15) is 5.75 Å². The summed E-state index contributed by atoms with van der Waals surface area (Å²) in [5, 5.41) is 31.9. The molecule has 0 spiro atoms. The fourth-order valence-electron chi connectivity index (χ4n) is 2.46. The van der Waals surface area contributed by atoms with Crippen molar-refractivity contribution in [1.82, 2.24) is 10.3 Å². The Labute approximate surface area is 132 Å². The first-order valence-electron chi connectivity index (χ1n) is 7.14. The largest absolute Gasteiger partial charge is 0.508 e. The van der Waals surface area contributed by atoms with E-state index in [4.69, 9.17) is 0 Å². The Balaban J connectivity index is 1.64. The number of amides is 1. The molecule has 3 rings (SSSR count). The van der Waals surface area contributed by atoms with E-state index in [0.29, 0.717) is 13.0 Å². The van der Waals surface area contributed by atoms with E-state index in [9.17, 15) is 20.1 Å². The number of hydrogen-bond donors (Lipinski definition) is 5.